The van der Waals surface area contributed by atoms with Gasteiger partial charge in [0.1, 0.15) is 6.54 Å². The maximum atomic E-state index is 12.9. The van der Waals surface area contributed by atoms with Crippen LogP contribution in [0.1, 0.15) is 13.8 Å². The van der Waals surface area contributed by atoms with E-state index in [1.807, 2.05) is 37.3 Å². The van der Waals surface area contributed by atoms with Crippen LogP contribution in [0.3, 0.4) is 0 Å². The Balaban J connectivity index is 2.38. The molecule has 0 fully saturated rings. The van der Waals surface area contributed by atoms with Crippen molar-refractivity contribution < 1.29 is 23.8 Å². The van der Waals surface area contributed by atoms with Crippen molar-refractivity contribution in [1.82, 2.24) is 0 Å². The van der Waals surface area contributed by atoms with Crippen molar-refractivity contribution in [2.45, 2.75) is 13.8 Å². The van der Waals surface area contributed by atoms with Crippen molar-refractivity contribution >= 4 is 23.2 Å². The molecule has 2 aromatic rings. The molecular formula is C21H26N2O5. The Kier molecular flexibility index (Phi) is 7.26. The molecule has 0 unspecified atom stereocenters. The molecule has 0 heterocycles. The van der Waals surface area contributed by atoms with Gasteiger partial charge >= 0.3 is 0 Å². The fraction of sp³-hybridized carbons (Fsp3) is 0.333. The number of anilines is 2. The van der Waals surface area contributed by atoms with Crippen molar-refractivity contribution in [3.8, 4) is 17.2 Å². The predicted octanol–water partition coefficient (Wildman–Crippen LogP) is 3.12. The first-order valence-electron chi connectivity index (χ1n) is 8.90. The van der Waals surface area contributed by atoms with Crippen LogP contribution in [0.4, 0.5) is 11.4 Å². The van der Waals surface area contributed by atoms with E-state index in [0.717, 1.165) is 5.69 Å². The van der Waals surface area contributed by atoms with Crippen LogP contribution < -0.4 is 24.0 Å². The van der Waals surface area contributed by atoms with Crippen molar-refractivity contribution in [2.75, 3.05) is 44.2 Å². The zero-order chi connectivity index (χ0) is 20.7. The van der Waals surface area contributed by atoms with Crippen LogP contribution in [0.2, 0.25) is 0 Å². The highest BCUT2D eigenvalue weighted by Gasteiger charge is 2.23. The van der Waals surface area contributed by atoms with E-state index in [1.54, 1.807) is 17.0 Å². The summed E-state index contributed by atoms with van der Waals surface area (Å²) in [6.45, 7) is 3.68. The molecule has 7 nitrogen and oxygen atoms in total. The maximum Gasteiger partial charge on any atom is 0.247 e. The molecule has 0 radical (unpaired) electrons. The number of carbonyl (C=O) groups excluding carboxylic acids is 2. The van der Waals surface area contributed by atoms with Crippen LogP contribution in [-0.4, -0.2) is 46.2 Å². The number of nitrogens with zero attached hydrogens (tertiary/aromatic N) is 2. The van der Waals surface area contributed by atoms with Gasteiger partial charge in [0.05, 0.1) is 27.0 Å². The predicted molar refractivity (Wildman–Crippen MR) is 109 cm³/mol. The Labute approximate surface area is 165 Å². The molecule has 2 aromatic carbocycles. The Morgan fingerprint density at radius 2 is 1.43 bits per heavy atom. The van der Waals surface area contributed by atoms with Gasteiger partial charge in [-0.1, -0.05) is 18.2 Å². The van der Waals surface area contributed by atoms with Crippen molar-refractivity contribution in [3.63, 3.8) is 0 Å². The molecule has 150 valence electrons. The van der Waals surface area contributed by atoms with Gasteiger partial charge in [-0.3, -0.25) is 9.59 Å². The molecule has 0 spiro atoms. The average Bonchev–Trinajstić information content (AvgIpc) is 2.71. The molecule has 0 N–H and O–H groups in total. The van der Waals surface area contributed by atoms with E-state index in [-0.39, 0.29) is 18.4 Å². The summed E-state index contributed by atoms with van der Waals surface area (Å²) in [5, 5.41) is 0. The topological polar surface area (TPSA) is 68.3 Å². The van der Waals surface area contributed by atoms with E-state index in [4.69, 9.17) is 14.2 Å². The molecule has 0 aliphatic carbocycles. The summed E-state index contributed by atoms with van der Waals surface area (Å²) < 4.78 is 16.0. The fourth-order valence-electron chi connectivity index (χ4n) is 2.94. The second-order valence-electron chi connectivity index (χ2n) is 5.96. The number of likely N-dealkylation sites (N-methyl/N-ethyl adjacent to an activating group) is 1. The molecule has 0 aromatic heterocycles. The molecule has 28 heavy (non-hydrogen) atoms. The van der Waals surface area contributed by atoms with Crippen LogP contribution in [0.15, 0.2) is 42.5 Å². The first-order chi connectivity index (χ1) is 13.5. The lowest BCUT2D eigenvalue weighted by atomic mass is 10.2. The van der Waals surface area contributed by atoms with Crippen molar-refractivity contribution in [1.29, 1.82) is 0 Å². The second-order valence-corrected chi connectivity index (χ2v) is 5.96. The fourth-order valence-corrected chi connectivity index (χ4v) is 2.94. The molecular weight excluding hydrogens is 360 g/mol. The number of hydrogen-bond acceptors (Lipinski definition) is 5. The van der Waals surface area contributed by atoms with Gasteiger partial charge in [0.15, 0.2) is 11.5 Å². The Bertz CT molecular complexity index is 798. The van der Waals surface area contributed by atoms with Crippen LogP contribution >= 0.6 is 0 Å². The van der Waals surface area contributed by atoms with Crippen LogP contribution in [0.5, 0.6) is 17.2 Å². The zero-order valence-electron chi connectivity index (χ0n) is 16.9. The normalized spacial score (nSPS) is 10.2. The third-order valence-corrected chi connectivity index (χ3v) is 4.32. The summed E-state index contributed by atoms with van der Waals surface area (Å²) in [6.07, 6.45) is 0. The third kappa shape index (κ3) is 4.54. The number of methoxy groups -OCH3 is 3. The standard InChI is InChI=1S/C21H26N2O5/c1-6-22(16-10-8-7-9-11-16)20(25)14-23(15(2)24)17-12-18(26-3)21(28-5)19(13-17)27-4/h7-13H,6,14H2,1-5H3. The minimum absolute atomic E-state index is 0.114. The van der Waals surface area contributed by atoms with E-state index in [1.165, 1.54) is 33.2 Å². The van der Waals surface area contributed by atoms with E-state index in [0.29, 0.717) is 29.5 Å². The number of rotatable bonds is 8. The molecule has 0 bridgehead atoms. The SMILES string of the molecule is CCN(C(=O)CN(C(C)=O)c1cc(OC)c(OC)c(OC)c1)c1ccccc1. The van der Waals surface area contributed by atoms with Gasteiger partial charge in [-0.05, 0) is 19.1 Å². The Morgan fingerprint density at radius 3 is 1.86 bits per heavy atom. The second kappa shape index (κ2) is 9.64. The number of para-hydroxylation sites is 1. The summed E-state index contributed by atoms with van der Waals surface area (Å²) in [6, 6.07) is 12.6. The van der Waals surface area contributed by atoms with Gasteiger partial charge in [-0.15, -0.1) is 0 Å². The monoisotopic (exact) mass is 386 g/mol. The lowest BCUT2D eigenvalue weighted by Gasteiger charge is -2.27. The first kappa shape index (κ1) is 21.1. The minimum atomic E-state index is -0.272. The summed E-state index contributed by atoms with van der Waals surface area (Å²) >= 11 is 0. The average molecular weight is 386 g/mol. The number of amides is 2. The molecule has 0 atom stereocenters. The van der Waals surface area contributed by atoms with Crippen LogP contribution in [0, 0.1) is 0 Å². The van der Waals surface area contributed by atoms with E-state index in [9.17, 15) is 9.59 Å². The van der Waals surface area contributed by atoms with Gasteiger partial charge in [-0.2, -0.15) is 0 Å². The molecule has 2 rings (SSSR count). The highest BCUT2D eigenvalue weighted by atomic mass is 16.5. The minimum Gasteiger partial charge on any atom is -0.493 e. The lowest BCUT2D eigenvalue weighted by Crippen LogP contribution is -2.42. The molecule has 0 saturated carbocycles. The summed E-state index contributed by atoms with van der Waals surface area (Å²) in [5.41, 5.74) is 1.27. The molecule has 7 heteroatoms. The van der Waals surface area contributed by atoms with Crippen molar-refractivity contribution in [2.24, 2.45) is 0 Å². The third-order valence-electron chi connectivity index (χ3n) is 4.32. The van der Waals surface area contributed by atoms with E-state index < -0.39 is 0 Å². The van der Waals surface area contributed by atoms with Gasteiger partial charge in [-0.25, -0.2) is 0 Å². The first-order valence-corrected chi connectivity index (χ1v) is 8.90. The van der Waals surface area contributed by atoms with Gasteiger partial charge in [0.25, 0.3) is 0 Å². The van der Waals surface area contributed by atoms with Crippen LogP contribution in [0.25, 0.3) is 0 Å². The number of hydrogen-bond donors (Lipinski definition) is 0. The molecule has 0 saturated heterocycles. The Morgan fingerprint density at radius 1 is 0.857 bits per heavy atom. The van der Waals surface area contributed by atoms with Crippen LogP contribution in [-0.2, 0) is 9.59 Å². The lowest BCUT2D eigenvalue weighted by molar-refractivity contribution is -0.121. The highest BCUT2D eigenvalue weighted by molar-refractivity contribution is 6.03. The Hall–Kier alpha value is -3.22. The quantitative estimate of drug-likeness (QED) is 0.697. The molecule has 0 aliphatic rings. The number of ether oxygens (including phenoxy) is 3. The number of carbonyl (C=O) groups is 2. The van der Waals surface area contributed by atoms with Gasteiger partial charge in [0, 0.05) is 31.3 Å². The van der Waals surface area contributed by atoms with Gasteiger partial charge in [0.2, 0.25) is 17.6 Å². The molecule has 0 aliphatic heterocycles. The van der Waals surface area contributed by atoms with Gasteiger partial charge < -0.3 is 24.0 Å². The molecule has 2 amide bonds. The highest BCUT2D eigenvalue weighted by Crippen LogP contribution is 2.41. The van der Waals surface area contributed by atoms with E-state index >= 15 is 0 Å². The number of benzene rings is 2. The van der Waals surface area contributed by atoms with E-state index in [2.05, 4.69) is 0 Å². The van der Waals surface area contributed by atoms with Crippen molar-refractivity contribution in [3.05, 3.63) is 42.5 Å². The summed E-state index contributed by atoms with van der Waals surface area (Å²) in [7, 11) is 4.50. The smallest absolute Gasteiger partial charge is 0.247 e. The summed E-state index contributed by atoms with van der Waals surface area (Å²) in [5.74, 6) is 0.768. The summed E-state index contributed by atoms with van der Waals surface area (Å²) in [4.78, 5) is 28.3. The maximum absolute atomic E-state index is 12.9. The zero-order valence-corrected chi connectivity index (χ0v) is 16.9. The largest absolute Gasteiger partial charge is 0.493 e.